The molecule has 1 rings (SSSR count). The molecule has 0 aliphatic rings. The summed E-state index contributed by atoms with van der Waals surface area (Å²) in [4.78, 5) is 0. The van der Waals surface area contributed by atoms with Crippen LogP contribution in [0.25, 0.3) is 0 Å². The molecule has 0 saturated heterocycles. The van der Waals surface area contributed by atoms with E-state index in [0.29, 0.717) is 0 Å². The first-order valence-electron chi connectivity index (χ1n) is 1.67. The maximum absolute atomic E-state index is 2.00. The summed E-state index contributed by atoms with van der Waals surface area (Å²) in [5, 5.41) is 0. The van der Waals surface area contributed by atoms with Crippen LogP contribution in [-0.2, 0) is 26.2 Å². The van der Waals surface area contributed by atoms with Crippen molar-refractivity contribution >= 4 is 0 Å². The molecule has 0 atom stereocenters. The van der Waals surface area contributed by atoms with Gasteiger partial charge >= 0.3 is 26.2 Å². The molecule has 9 heavy (non-hydrogen) atoms. The van der Waals surface area contributed by atoms with Crippen molar-refractivity contribution in [2.24, 2.45) is 0 Å². The van der Waals surface area contributed by atoms with Gasteiger partial charge in [-0.2, -0.15) is 18.2 Å². The zero-order valence-electron chi connectivity index (χ0n) is 4.14. The van der Waals surface area contributed by atoms with Gasteiger partial charge in [0.05, 0.1) is 0 Å². The van der Waals surface area contributed by atoms with Gasteiger partial charge in [0.2, 0.25) is 0 Å². The predicted molar refractivity (Wildman–Crippen MR) is 28.8 cm³/mol. The largest absolute Gasteiger partial charge is 3.00 e. The van der Waals surface area contributed by atoms with E-state index in [4.69, 9.17) is 0 Å². The Morgan fingerprint density at radius 2 is 1.22 bits per heavy atom. The summed E-state index contributed by atoms with van der Waals surface area (Å²) in [7, 11) is 0. The van der Waals surface area contributed by atoms with E-state index >= 15 is 0 Å². The van der Waals surface area contributed by atoms with Crippen molar-refractivity contribution in [3.05, 3.63) is 30.3 Å². The Kier molecular flexibility index (Phi) is 39.9. The molecule has 0 heterocycles. The normalized spacial score (nSPS) is 4.44. The SMILES string of the molecule is C.[Cl-].[Cl-].[Zr+3].c1cc[cH-]c1. The van der Waals surface area contributed by atoms with Gasteiger partial charge in [0.25, 0.3) is 0 Å². The first-order chi connectivity index (χ1) is 2.50. The summed E-state index contributed by atoms with van der Waals surface area (Å²) in [6, 6.07) is 10.0. The van der Waals surface area contributed by atoms with Gasteiger partial charge in [-0.15, -0.1) is 0 Å². The molecule has 3 heteroatoms. The Morgan fingerprint density at radius 3 is 1.33 bits per heavy atom. The van der Waals surface area contributed by atoms with Crippen LogP contribution in [0.4, 0.5) is 0 Å². The maximum Gasteiger partial charge on any atom is 3.00 e. The summed E-state index contributed by atoms with van der Waals surface area (Å²) in [5.41, 5.74) is 0. The van der Waals surface area contributed by atoms with E-state index in [1.165, 1.54) is 0 Å². The topological polar surface area (TPSA) is 0 Å². The van der Waals surface area contributed by atoms with Crippen LogP contribution in [0.1, 0.15) is 7.43 Å². The van der Waals surface area contributed by atoms with Gasteiger partial charge in [0.15, 0.2) is 0 Å². The number of halogens is 2. The fourth-order valence-corrected chi connectivity index (χ4v) is 0.321. The van der Waals surface area contributed by atoms with Crippen LogP contribution in [0.3, 0.4) is 0 Å². The number of hydrogen-bond acceptors (Lipinski definition) is 0. The van der Waals surface area contributed by atoms with E-state index < -0.39 is 0 Å². The molecule has 0 amide bonds. The van der Waals surface area contributed by atoms with E-state index in [0.717, 1.165) is 0 Å². The fraction of sp³-hybridized carbons (Fsp3) is 0.167. The summed E-state index contributed by atoms with van der Waals surface area (Å²) in [6.45, 7) is 0. The molecule has 0 aromatic heterocycles. The molecule has 0 aliphatic carbocycles. The van der Waals surface area contributed by atoms with E-state index in [2.05, 4.69) is 0 Å². The van der Waals surface area contributed by atoms with Crippen molar-refractivity contribution in [1.82, 2.24) is 0 Å². The zero-order chi connectivity index (χ0) is 3.54. The molecule has 0 bridgehead atoms. The first-order valence-corrected chi connectivity index (χ1v) is 1.67. The Bertz CT molecular complexity index is 67.5. The smallest absolute Gasteiger partial charge is 1.00 e. The van der Waals surface area contributed by atoms with E-state index in [-0.39, 0.29) is 58.4 Å². The van der Waals surface area contributed by atoms with Crippen LogP contribution in [0.15, 0.2) is 30.3 Å². The third kappa shape index (κ3) is 12.1. The minimum absolute atomic E-state index is 0. The van der Waals surface area contributed by atoms with Gasteiger partial charge in [0, 0.05) is 0 Å². The van der Waals surface area contributed by atoms with Crippen LogP contribution in [0, 0.1) is 0 Å². The molecule has 0 aliphatic heterocycles. The van der Waals surface area contributed by atoms with Gasteiger partial charge in [-0.05, 0) is 0 Å². The predicted octanol–water partition coefficient (Wildman–Crippen LogP) is -3.95. The van der Waals surface area contributed by atoms with Crippen LogP contribution in [-0.4, -0.2) is 0 Å². The fourth-order valence-electron chi connectivity index (χ4n) is 0.321. The molecule has 0 nitrogen and oxygen atoms in total. The van der Waals surface area contributed by atoms with Gasteiger partial charge in [-0.3, -0.25) is 0 Å². The molecule has 1 aromatic carbocycles. The maximum atomic E-state index is 2.00. The summed E-state index contributed by atoms with van der Waals surface area (Å²) in [6.07, 6.45) is 0. The summed E-state index contributed by atoms with van der Waals surface area (Å²) in [5.74, 6) is 0. The molecule has 0 spiro atoms. The second kappa shape index (κ2) is 15.9. The van der Waals surface area contributed by atoms with Gasteiger partial charge < -0.3 is 24.8 Å². The molecular weight excluding hydrogens is 234 g/mol. The monoisotopic (exact) mass is 241 g/mol. The first kappa shape index (κ1) is 22.6. The Balaban J connectivity index is -0.0000000312. The molecule has 1 radical (unpaired) electrons. The minimum atomic E-state index is 0. The van der Waals surface area contributed by atoms with E-state index in [1.54, 1.807) is 0 Å². The molecule has 0 N–H and O–H groups in total. The molecule has 0 fully saturated rings. The van der Waals surface area contributed by atoms with E-state index in [1.807, 2.05) is 30.3 Å². The molecule has 0 saturated carbocycles. The zero-order valence-corrected chi connectivity index (χ0v) is 8.11. The van der Waals surface area contributed by atoms with Crippen LogP contribution >= 0.6 is 0 Å². The van der Waals surface area contributed by atoms with Gasteiger partial charge in [-0.25, -0.2) is 12.1 Å². The minimum Gasteiger partial charge on any atom is -1.00 e. The second-order valence-corrected chi connectivity index (χ2v) is 0.962. The third-order valence-electron chi connectivity index (χ3n) is 0.556. The molecule has 1 aromatic rings. The number of rotatable bonds is 0. The van der Waals surface area contributed by atoms with Crippen molar-refractivity contribution in [3.63, 3.8) is 0 Å². The Morgan fingerprint density at radius 1 is 0.889 bits per heavy atom. The average Bonchev–Trinajstić information content (AvgIpc) is 1.76. The summed E-state index contributed by atoms with van der Waals surface area (Å²) >= 11 is 0. The average molecular weight is 243 g/mol. The van der Waals surface area contributed by atoms with E-state index in [9.17, 15) is 0 Å². The number of hydrogen-bond donors (Lipinski definition) is 0. The third-order valence-corrected chi connectivity index (χ3v) is 0.556. The standard InChI is InChI=1S/C5H5.CH4.2ClH.Zr/c1-2-4-5-3-1;;;;/h1-5H;1H4;2*1H;/q-1;;;;+3/p-2. The molecule has 51 valence electrons. The Labute approximate surface area is 88.3 Å². The van der Waals surface area contributed by atoms with Crippen molar-refractivity contribution in [2.45, 2.75) is 7.43 Å². The van der Waals surface area contributed by atoms with Crippen molar-refractivity contribution in [2.75, 3.05) is 0 Å². The van der Waals surface area contributed by atoms with Crippen LogP contribution in [0.5, 0.6) is 0 Å². The van der Waals surface area contributed by atoms with Crippen molar-refractivity contribution < 1.29 is 51.0 Å². The van der Waals surface area contributed by atoms with Crippen LogP contribution in [0.2, 0.25) is 0 Å². The molecule has 0 unspecified atom stereocenters. The van der Waals surface area contributed by atoms with Crippen molar-refractivity contribution in [1.29, 1.82) is 0 Å². The van der Waals surface area contributed by atoms with Gasteiger partial charge in [0.1, 0.15) is 0 Å². The van der Waals surface area contributed by atoms with Crippen LogP contribution < -0.4 is 24.8 Å². The second-order valence-electron chi connectivity index (χ2n) is 0.962. The van der Waals surface area contributed by atoms with Crippen molar-refractivity contribution in [3.8, 4) is 0 Å². The summed E-state index contributed by atoms with van der Waals surface area (Å²) < 4.78 is 0. The Hall–Kier alpha value is 0.813. The molecular formula is C6H9Cl2Zr. The quantitative estimate of drug-likeness (QED) is 0.408. The van der Waals surface area contributed by atoms with Gasteiger partial charge in [-0.1, -0.05) is 7.43 Å².